The van der Waals surface area contributed by atoms with Crippen LogP contribution in [0.4, 0.5) is 13.2 Å². The third-order valence-electron chi connectivity index (χ3n) is 22.7. The maximum atomic E-state index is 15.2. The average Bonchev–Trinajstić information content (AvgIpc) is 1.72. The molecule has 3 amide bonds. The second kappa shape index (κ2) is 28.3. The first-order valence-electron chi connectivity index (χ1n) is 37.1. The number of hydrogen-bond donors (Lipinski definition) is 2. The number of rotatable bonds is 15. The number of benzene rings is 3. The first-order valence-corrected chi connectivity index (χ1v) is 37.1. The van der Waals surface area contributed by atoms with Crippen LogP contribution in [0.1, 0.15) is 179 Å². The van der Waals surface area contributed by atoms with Gasteiger partial charge >= 0.3 is 17.9 Å². The van der Waals surface area contributed by atoms with E-state index in [-0.39, 0.29) is 65.5 Å². The Hall–Kier alpha value is -12.0. The number of aromatic nitrogens is 12. The number of halogens is 3. The molecular weight excluding hydrogens is 1400 g/mol. The number of aliphatic carboxylic acids is 2. The van der Waals surface area contributed by atoms with Gasteiger partial charge < -0.3 is 43.4 Å². The van der Waals surface area contributed by atoms with Crippen LogP contribution in [0, 0.1) is 35.2 Å². The molecule has 0 spiro atoms. The molecule has 0 bridgehead atoms. The standard InChI is InChI=1S/C28H28FN5O3.2C27H26FN5O3/c1-4-18-13-24(27(35)33-11-10-32-9-5-6-25(32)16(33)2)30-26-15-23(31-34(18)26)19-8-7-17(12-22(19)29)20-14-21(20)28(36)37-3;2*1-3-17-12-23(26(34)32-10-9-31-8-4-5-24(31)15(32)2)29-25-14-22(30-33(17)25)18-7-6-16(11-21(18)28)19-13-20(19)27(35)36/h5-9,12-13,15-16,20-21H,4,10-11,14H2,1-3H3;2*4-8,11-12,14-15,19-20H,3,9-10,13H2,1-2H3,(H,35,36)/t16?,20-,21+;15-,19+,20-;15-,19-,20+/m101/s1. The topological polar surface area (TPSA) is 267 Å². The average molecular weight is 1480 g/mol. The molecule has 12 aromatic rings. The molecule has 1 unspecified atom stereocenters. The second-order valence-electron chi connectivity index (χ2n) is 29.0. The first kappa shape index (κ1) is 71.2. The normalized spacial score (nSPS) is 20.9. The van der Waals surface area contributed by atoms with Crippen molar-refractivity contribution in [3.05, 3.63) is 231 Å². The molecule has 0 radical (unpaired) electrons. The summed E-state index contributed by atoms with van der Waals surface area (Å²) in [7, 11) is 1.37. The molecule has 12 heterocycles. The number of carboxylic acids is 2. The minimum atomic E-state index is -0.846. The van der Waals surface area contributed by atoms with Gasteiger partial charge in [-0.15, -0.1) is 0 Å². The first-order chi connectivity index (χ1) is 52.6. The summed E-state index contributed by atoms with van der Waals surface area (Å²) in [6.45, 7) is 16.0. The highest BCUT2D eigenvalue weighted by Crippen LogP contribution is 2.51. The largest absolute Gasteiger partial charge is 0.481 e. The Balaban J connectivity index is 0.000000124. The van der Waals surface area contributed by atoms with Crippen LogP contribution in [0.25, 0.3) is 50.7 Å². The van der Waals surface area contributed by atoms with E-state index >= 15 is 13.2 Å². The van der Waals surface area contributed by atoms with Gasteiger partial charge in [0.15, 0.2) is 16.9 Å². The zero-order valence-corrected chi connectivity index (χ0v) is 61.1. The lowest BCUT2D eigenvalue weighted by atomic mass is 10.0. The number of carboxylic acid groups (broad SMARTS) is 2. The molecule has 24 nitrogen and oxygen atoms in total. The maximum absolute atomic E-state index is 15.2. The van der Waals surface area contributed by atoms with Crippen LogP contribution >= 0.6 is 0 Å². The molecule has 9 aromatic heterocycles. The van der Waals surface area contributed by atoms with Crippen molar-refractivity contribution in [3.63, 3.8) is 0 Å². The number of esters is 1. The number of hydrogen-bond acceptors (Lipinski definition) is 13. The van der Waals surface area contributed by atoms with Gasteiger partial charge in [0.1, 0.15) is 34.5 Å². The van der Waals surface area contributed by atoms with Crippen LogP contribution in [0.15, 0.2) is 146 Å². The highest BCUT2D eigenvalue weighted by molar-refractivity contribution is 5.95. The fourth-order valence-corrected chi connectivity index (χ4v) is 16.2. The number of methoxy groups -OCH3 is 1. The molecule has 2 N–H and O–H groups in total. The molecule has 109 heavy (non-hydrogen) atoms. The van der Waals surface area contributed by atoms with Crippen molar-refractivity contribution in [2.24, 2.45) is 17.8 Å². The SMILES string of the molecule is CCc1cc(C(=O)N2CCn3cccc3C2C)nc2cc(-c3ccc([C@H]4C[C@@H]4C(=O)OC)cc3F)nn12.CCc1cc(C(=O)N2CCn3cccc3[C@@H]2C)nc2cc(-c3ccc([C@H]4C[C@@H]4C(=O)O)cc3F)nn12.CCc1cc(C(=O)N2CCn3cccc3[C@H]2C)nc2cc(-c3ccc([C@H]4C[C@@H]4C(=O)O)cc3F)nn12. The van der Waals surface area contributed by atoms with Crippen LogP contribution in [-0.2, 0) is 58.0 Å². The molecule has 3 aromatic carbocycles. The van der Waals surface area contributed by atoms with E-state index < -0.39 is 41.2 Å². The molecule has 0 saturated heterocycles. The lowest BCUT2D eigenvalue weighted by Crippen LogP contribution is -2.41. The second-order valence-corrected chi connectivity index (χ2v) is 29.0. The summed E-state index contributed by atoms with van der Waals surface area (Å²) in [5.41, 5.74) is 12.7. The van der Waals surface area contributed by atoms with Crippen molar-refractivity contribution in [1.82, 2.24) is 72.2 Å². The van der Waals surface area contributed by atoms with Gasteiger partial charge in [0, 0.05) is 127 Å². The Morgan fingerprint density at radius 2 is 0.725 bits per heavy atom. The van der Waals surface area contributed by atoms with Crippen LogP contribution in [-0.4, -0.2) is 145 Å². The zero-order chi connectivity index (χ0) is 76.1. The number of aryl methyl sites for hydroxylation is 3. The van der Waals surface area contributed by atoms with E-state index in [9.17, 15) is 28.8 Å². The summed E-state index contributed by atoms with van der Waals surface area (Å²) >= 11 is 0. The third-order valence-corrected chi connectivity index (χ3v) is 22.7. The minimum absolute atomic E-state index is 0.0148. The minimum Gasteiger partial charge on any atom is -0.481 e. The molecule has 9 atom stereocenters. The highest BCUT2D eigenvalue weighted by atomic mass is 19.1. The third kappa shape index (κ3) is 13.1. The molecule has 3 fully saturated rings. The summed E-state index contributed by atoms with van der Waals surface area (Å²) in [5, 5.41) is 32.1. The lowest BCUT2D eigenvalue weighted by molar-refractivity contribution is -0.142. The maximum Gasteiger partial charge on any atom is 0.309 e. The van der Waals surface area contributed by atoms with E-state index in [1.54, 1.807) is 80.3 Å². The Morgan fingerprint density at radius 1 is 0.422 bits per heavy atom. The van der Waals surface area contributed by atoms with Gasteiger partial charge in [0.2, 0.25) is 0 Å². The van der Waals surface area contributed by atoms with Crippen molar-refractivity contribution < 1.29 is 56.9 Å². The monoisotopic (exact) mass is 1480 g/mol. The van der Waals surface area contributed by atoms with Gasteiger partial charge in [-0.3, -0.25) is 28.8 Å². The van der Waals surface area contributed by atoms with Gasteiger partial charge in [0.25, 0.3) is 17.7 Å². The van der Waals surface area contributed by atoms with Crippen molar-refractivity contribution in [1.29, 1.82) is 0 Å². The van der Waals surface area contributed by atoms with E-state index in [1.165, 1.54) is 25.3 Å². The molecule has 3 aliphatic heterocycles. The number of nitrogens with zero attached hydrogens (tertiary/aromatic N) is 15. The Bertz CT molecular complexity index is 5440. The summed E-state index contributed by atoms with van der Waals surface area (Å²) < 4.78 is 61.6. The molecule has 18 rings (SSSR count). The Morgan fingerprint density at radius 3 is 1.00 bits per heavy atom. The van der Waals surface area contributed by atoms with Gasteiger partial charge in [-0.25, -0.2) is 41.7 Å². The fraction of sp³-hybridized carbons (Fsp3) is 0.341. The summed E-state index contributed by atoms with van der Waals surface area (Å²) in [4.78, 5) is 94.0. The van der Waals surface area contributed by atoms with Crippen LogP contribution in [0.2, 0.25) is 0 Å². The number of amides is 3. The molecule has 558 valence electrons. The van der Waals surface area contributed by atoms with Crippen molar-refractivity contribution in [2.45, 2.75) is 136 Å². The predicted octanol–water partition coefficient (Wildman–Crippen LogP) is 13.0. The van der Waals surface area contributed by atoms with Crippen LogP contribution in [0.3, 0.4) is 0 Å². The number of carbonyl (C=O) groups is 6. The summed E-state index contributed by atoms with van der Waals surface area (Å²) in [6.07, 6.45) is 9.71. The van der Waals surface area contributed by atoms with E-state index in [4.69, 9.17) is 14.9 Å². The molecule has 3 aliphatic carbocycles. The van der Waals surface area contributed by atoms with E-state index in [0.29, 0.717) is 137 Å². The molecule has 27 heteroatoms. The number of carbonyl (C=O) groups excluding carboxylic acids is 4. The smallest absolute Gasteiger partial charge is 0.309 e. The van der Waals surface area contributed by atoms with Crippen molar-refractivity contribution in [3.8, 4) is 33.8 Å². The number of fused-ring (bicyclic) bond motifs is 6. The van der Waals surface area contributed by atoms with Crippen LogP contribution < -0.4 is 0 Å². The molecule has 3 saturated carbocycles. The van der Waals surface area contributed by atoms with Crippen molar-refractivity contribution in [2.75, 3.05) is 26.7 Å². The molecular formula is C82H80F3N15O9. The number of ether oxygens (including phenoxy) is 1. The van der Waals surface area contributed by atoms with Gasteiger partial charge in [-0.1, -0.05) is 39.0 Å². The zero-order valence-electron chi connectivity index (χ0n) is 61.1. The van der Waals surface area contributed by atoms with Gasteiger partial charge in [-0.05, 0) is 185 Å². The van der Waals surface area contributed by atoms with E-state index in [0.717, 1.165) is 59.4 Å². The van der Waals surface area contributed by atoms with Gasteiger partial charge in [-0.2, -0.15) is 15.3 Å². The Labute approximate surface area is 624 Å². The Kier molecular flexibility index (Phi) is 18.5. The van der Waals surface area contributed by atoms with E-state index in [2.05, 4.69) is 43.9 Å². The molecule has 6 aliphatic rings. The summed E-state index contributed by atoms with van der Waals surface area (Å²) in [6, 6.07) is 37.0. The lowest BCUT2D eigenvalue weighted by Gasteiger charge is -2.34. The van der Waals surface area contributed by atoms with E-state index in [1.807, 2.05) is 117 Å². The fourth-order valence-electron chi connectivity index (χ4n) is 16.2. The predicted molar refractivity (Wildman–Crippen MR) is 395 cm³/mol. The van der Waals surface area contributed by atoms with Crippen molar-refractivity contribution >= 4 is 52.6 Å². The summed E-state index contributed by atoms with van der Waals surface area (Å²) in [5.74, 6) is -5.05. The highest BCUT2D eigenvalue weighted by Gasteiger charge is 2.47. The van der Waals surface area contributed by atoms with Gasteiger partial charge in [0.05, 0.1) is 60.1 Å². The van der Waals surface area contributed by atoms with Crippen LogP contribution in [0.5, 0.6) is 0 Å². The quantitative estimate of drug-likeness (QED) is 0.0904.